The van der Waals surface area contributed by atoms with Gasteiger partial charge in [0.15, 0.2) is 6.10 Å². The van der Waals surface area contributed by atoms with Crippen LogP contribution >= 0.6 is 0 Å². The second kappa shape index (κ2) is 9.45. The van der Waals surface area contributed by atoms with E-state index in [1.165, 1.54) is 0 Å². The second-order valence-electron chi connectivity index (χ2n) is 7.20. The number of aryl methyl sites for hydroxylation is 1. The van der Waals surface area contributed by atoms with Crippen molar-refractivity contribution in [1.82, 2.24) is 5.32 Å². The Morgan fingerprint density at radius 3 is 2.30 bits per heavy atom. The van der Waals surface area contributed by atoms with Crippen LogP contribution in [0.3, 0.4) is 0 Å². The van der Waals surface area contributed by atoms with Crippen LogP contribution in [0.2, 0.25) is 0 Å². The fourth-order valence-electron chi connectivity index (χ4n) is 3.01. The molecule has 4 heteroatoms. The van der Waals surface area contributed by atoms with Gasteiger partial charge in [-0.25, -0.2) is 0 Å². The van der Waals surface area contributed by atoms with Crippen LogP contribution in [-0.4, -0.2) is 19.1 Å². The van der Waals surface area contributed by atoms with Crippen molar-refractivity contribution in [1.29, 1.82) is 0 Å². The summed E-state index contributed by atoms with van der Waals surface area (Å²) in [7, 11) is 1.64. The highest BCUT2D eigenvalue weighted by Gasteiger charge is 2.21. The van der Waals surface area contributed by atoms with E-state index in [0.29, 0.717) is 5.92 Å². The number of nitrogens with one attached hydrogen (secondary N) is 1. The molecule has 0 spiro atoms. The van der Waals surface area contributed by atoms with Crippen molar-refractivity contribution < 1.29 is 14.3 Å². The minimum absolute atomic E-state index is 0.0588. The molecule has 0 aromatic heterocycles. The molecule has 0 heterocycles. The van der Waals surface area contributed by atoms with Crippen molar-refractivity contribution in [3.63, 3.8) is 0 Å². The normalized spacial score (nSPS) is 13.1. The zero-order valence-corrected chi connectivity index (χ0v) is 17.2. The predicted molar refractivity (Wildman–Crippen MR) is 110 cm³/mol. The van der Waals surface area contributed by atoms with E-state index in [2.05, 4.69) is 38.2 Å². The van der Waals surface area contributed by atoms with E-state index >= 15 is 0 Å². The number of ether oxygens (including phenoxy) is 2. The van der Waals surface area contributed by atoms with Crippen molar-refractivity contribution >= 4 is 5.91 Å². The Hall–Kier alpha value is -2.49. The summed E-state index contributed by atoms with van der Waals surface area (Å²) in [6.07, 6.45) is 0.225. The molecule has 0 aliphatic rings. The number of carbonyl (C=O) groups excluding carboxylic acids is 1. The van der Waals surface area contributed by atoms with Gasteiger partial charge in [-0.3, -0.25) is 4.79 Å². The van der Waals surface area contributed by atoms with Crippen LogP contribution in [0.5, 0.6) is 11.5 Å². The maximum Gasteiger partial charge on any atom is 0.261 e. The lowest BCUT2D eigenvalue weighted by atomic mass is 10.0. The highest BCUT2D eigenvalue weighted by atomic mass is 16.5. The van der Waals surface area contributed by atoms with Crippen LogP contribution in [0.1, 0.15) is 62.8 Å². The Balaban J connectivity index is 2.09. The van der Waals surface area contributed by atoms with Crippen LogP contribution < -0.4 is 14.8 Å². The lowest BCUT2D eigenvalue weighted by Gasteiger charge is -2.23. The zero-order chi connectivity index (χ0) is 20.0. The molecule has 1 N–H and O–H groups in total. The van der Waals surface area contributed by atoms with Gasteiger partial charge in [0.2, 0.25) is 0 Å². The first-order valence-corrected chi connectivity index (χ1v) is 9.57. The van der Waals surface area contributed by atoms with Gasteiger partial charge in [0.05, 0.1) is 13.2 Å². The fraction of sp³-hybridized carbons (Fsp3) is 0.435. The highest BCUT2D eigenvalue weighted by molar-refractivity contribution is 5.81. The van der Waals surface area contributed by atoms with E-state index in [1.54, 1.807) is 14.0 Å². The van der Waals surface area contributed by atoms with Gasteiger partial charge in [0.1, 0.15) is 11.5 Å². The molecule has 0 bridgehead atoms. The van der Waals surface area contributed by atoms with E-state index in [9.17, 15) is 4.79 Å². The maximum absolute atomic E-state index is 12.7. The summed E-state index contributed by atoms with van der Waals surface area (Å²) in [5.41, 5.74) is 3.28. The molecule has 4 nitrogen and oxygen atoms in total. The molecule has 1 amide bonds. The molecule has 0 saturated carbocycles. The molecule has 2 aromatic carbocycles. The molecule has 0 saturated heterocycles. The van der Waals surface area contributed by atoms with Crippen molar-refractivity contribution in [2.75, 3.05) is 7.11 Å². The first-order chi connectivity index (χ1) is 12.8. The maximum atomic E-state index is 12.7. The number of rotatable bonds is 8. The Morgan fingerprint density at radius 2 is 1.74 bits per heavy atom. The van der Waals surface area contributed by atoms with Gasteiger partial charge in [-0.1, -0.05) is 45.0 Å². The summed E-state index contributed by atoms with van der Waals surface area (Å²) in [6.45, 7) is 10.1. The van der Waals surface area contributed by atoms with E-state index in [4.69, 9.17) is 9.47 Å². The minimum Gasteiger partial charge on any atom is -0.497 e. The molecule has 0 aliphatic heterocycles. The predicted octanol–water partition coefficient (Wildman–Crippen LogP) is 5.16. The largest absolute Gasteiger partial charge is 0.497 e. The summed E-state index contributed by atoms with van der Waals surface area (Å²) in [4.78, 5) is 12.7. The lowest BCUT2D eigenvalue weighted by molar-refractivity contribution is -0.128. The standard InChI is InChI=1S/C23H31NO3/c1-7-21(18-9-11-19(26-6)12-10-18)24-23(25)17(5)27-22-14-16(4)8-13-20(22)15(2)3/h8-15,17,21H,7H2,1-6H3,(H,24,25)/t17-,21-/m1/s1. The lowest BCUT2D eigenvalue weighted by Crippen LogP contribution is -2.38. The average molecular weight is 370 g/mol. The summed E-state index contributed by atoms with van der Waals surface area (Å²) < 4.78 is 11.2. The number of amides is 1. The quantitative estimate of drug-likeness (QED) is 0.699. The Morgan fingerprint density at radius 1 is 1.07 bits per heavy atom. The first kappa shape index (κ1) is 20.8. The number of hydrogen-bond donors (Lipinski definition) is 1. The summed E-state index contributed by atoms with van der Waals surface area (Å²) >= 11 is 0. The molecule has 0 unspecified atom stereocenters. The number of hydrogen-bond acceptors (Lipinski definition) is 3. The Labute approximate surface area is 162 Å². The topological polar surface area (TPSA) is 47.6 Å². The molecule has 2 atom stereocenters. The molecule has 27 heavy (non-hydrogen) atoms. The van der Waals surface area contributed by atoms with Crippen molar-refractivity contribution in [2.45, 2.75) is 59.1 Å². The zero-order valence-electron chi connectivity index (χ0n) is 17.2. The summed E-state index contributed by atoms with van der Waals surface area (Å²) in [6, 6.07) is 13.9. The van der Waals surface area contributed by atoms with Gasteiger partial charge in [-0.05, 0) is 61.1 Å². The molecule has 0 radical (unpaired) electrons. The van der Waals surface area contributed by atoms with Crippen molar-refractivity contribution in [2.24, 2.45) is 0 Å². The molecular formula is C23H31NO3. The minimum atomic E-state index is -0.573. The van der Waals surface area contributed by atoms with Crippen LogP contribution in [0, 0.1) is 6.92 Å². The van der Waals surface area contributed by atoms with Crippen LogP contribution in [-0.2, 0) is 4.79 Å². The van der Waals surface area contributed by atoms with Crippen LogP contribution in [0.4, 0.5) is 0 Å². The number of benzene rings is 2. The van der Waals surface area contributed by atoms with Gasteiger partial charge in [-0.15, -0.1) is 0 Å². The summed E-state index contributed by atoms with van der Waals surface area (Å²) in [5, 5.41) is 3.10. The third-order valence-corrected chi connectivity index (χ3v) is 4.71. The van der Waals surface area contributed by atoms with Crippen molar-refractivity contribution in [3.8, 4) is 11.5 Å². The van der Waals surface area contributed by atoms with E-state index in [1.807, 2.05) is 37.3 Å². The smallest absolute Gasteiger partial charge is 0.261 e. The van der Waals surface area contributed by atoms with Crippen LogP contribution in [0.15, 0.2) is 42.5 Å². The van der Waals surface area contributed by atoms with E-state index < -0.39 is 6.10 Å². The van der Waals surface area contributed by atoms with E-state index in [0.717, 1.165) is 34.6 Å². The number of carbonyl (C=O) groups is 1. The SMILES string of the molecule is CC[C@@H](NC(=O)[C@@H](C)Oc1cc(C)ccc1C(C)C)c1ccc(OC)cc1. The highest BCUT2D eigenvalue weighted by Crippen LogP contribution is 2.28. The Kier molecular flexibility index (Phi) is 7.28. The van der Waals surface area contributed by atoms with Crippen molar-refractivity contribution in [3.05, 3.63) is 59.2 Å². The van der Waals surface area contributed by atoms with E-state index in [-0.39, 0.29) is 11.9 Å². The van der Waals surface area contributed by atoms with Gasteiger partial charge >= 0.3 is 0 Å². The van der Waals surface area contributed by atoms with Crippen LogP contribution in [0.25, 0.3) is 0 Å². The Bertz CT molecular complexity index is 753. The number of methoxy groups -OCH3 is 1. The second-order valence-corrected chi connectivity index (χ2v) is 7.20. The third kappa shape index (κ3) is 5.49. The third-order valence-electron chi connectivity index (χ3n) is 4.71. The van der Waals surface area contributed by atoms with Gasteiger partial charge < -0.3 is 14.8 Å². The molecule has 146 valence electrons. The summed E-state index contributed by atoms with van der Waals surface area (Å²) in [5.74, 6) is 1.80. The average Bonchev–Trinajstić information content (AvgIpc) is 2.65. The fourth-order valence-corrected chi connectivity index (χ4v) is 3.01. The van der Waals surface area contributed by atoms with Gasteiger partial charge in [-0.2, -0.15) is 0 Å². The molecule has 2 aromatic rings. The monoisotopic (exact) mass is 369 g/mol. The molecule has 0 aliphatic carbocycles. The van der Waals surface area contributed by atoms with Gasteiger partial charge in [0.25, 0.3) is 5.91 Å². The molecule has 2 rings (SSSR count). The molecule has 0 fully saturated rings. The molecular weight excluding hydrogens is 338 g/mol. The first-order valence-electron chi connectivity index (χ1n) is 9.57. The van der Waals surface area contributed by atoms with Gasteiger partial charge in [0, 0.05) is 0 Å².